The largest absolute Gasteiger partial charge is 0.399 e. The number of nitrogens with two attached hydrogens (primary N) is 1. The Balaban J connectivity index is 1.97. The fourth-order valence-corrected chi connectivity index (χ4v) is 2.86. The number of hydrogen-bond acceptors (Lipinski definition) is 6. The molecule has 2 aromatic rings. The van der Waals surface area contributed by atoms with Crippen molar-refractivity contribution < 1.29 is 9.53 Å². The molecule has 21 heavy (non-hydrogen) atoms. The molecule has 1 heterocycles. The van der Waals surface area contributed by atoms with Crippen LogP contribution in [-0.2, 0) is 9.53 Å². The first kappa shape index (κ1) is 15.7. The molecule has 0 atom stereocenters. The number of anilines is 2. The molecule has 1 amide bonds. The highest BCUT2D eigenvalue weighted by Gasteiger charge is 2.11. The van der Waals surface area contributed by atoms with Crippen molar-refractivity contribution in [2.24, 2.45) is 0 Å². The van der Waals surface area contributed by atoms with Crippen molar-refractivity contribution in [1.82, 2.24) is 9.88 Å². The minimum atomic E-state index is -0.0695. The van der Waals surface area contributed by atoms with Crippen molar-refractivity contribution in [3.8, 4) is 0 Å². The lowest BCUT2D eigenvalue weighted by Gasteiger charge is -2.18. The maximum atomic E-state index is 12.0. The van der Waals surface area contributed by atoms with Gasteiger partial charge in [-0.3, -0.25) is 9.69 Å². The molecule has 0 bridgehead atoms. The standard InChI is InChI=1S/C14H20N4O2S/c1-3-18(6-7-20-2)9-13(19)17-14-16-11-5-4-10(15)8-12(11)21-14/h4-5,8H,3,6-7,9,15H2,1-2H3,(H,16,17,19). The predicted octanol–water partition coefficient (Wildman–Crippen LogP) is 1.79. The van der Waals surface area contributed by atoms with Gasteiger partial charge >= 0.3 is 0 Å². The Morgan fingerprint density at radius 3 is 3.05 bits per heavy atom. The van der Waals surface area contributed by atoms with E-state index in [0.29, 0.717) is 24.0 Å². The Morgan fingerprint density at radius 1 is 1.52 bits per heavy atom. The molecule has 0 radical (unpaired) electrons. The summed E-state index contributed by atoms with van der Waals surface area (Å²) in [6.07, 6.45) is 0. The molecule has 114 valence electrons. The van der Waals surface area contributed by atoms with Crippen LogP contribution in [0.4, 0.5) is 10.8 Å². The average molecular weight is 308 g/mol. The summed E-state index contributed by atoms with van der Waals surface area (Å²) in [5.41, 5.74) is 7.28. The third kappa shape index (κ3) is 4.38. The Labute approximate surface area is 127 Å². The van der Waals surface area contributed by atoms with Crippen LogP contribution < -0.4 is 11.1 Å². The van der Waals surface area contributed by atoms with Crippen LogP contribution in [0, 0.1) is 0 Å². The molecule has 7 heteroatoms. The number of likely N-dealkylation sites (N-methyl/N-ethyl adjacent to an activating group) is 1. The molecular weight excluding hydrogens is 288 g/mol. The number of hydrogen-bond donors (Lipinski definition) is 2. The fraction of sp³-hybridized carbons (Fsp3) is 0.429. The molecule has 1 aromatic heterocycles. The zero-order valence-corrected chi connectivity index (χ0v) is 13.1. The minimum Gasteiger partial charge on any atom is -0.399 e. The van der Waals surface area contributed by atoms with E-state index in [1.54, 1.807) is 13.2 Å². The topological polar surface area (TPSA) is 80.5 Å². The molecule has 3 N–H and O–H groups in total. The van der Waals surface area contributed by atoms with Crippen LogP contribution in [0.25, 0.3) is 10.2 Å². The van der Waals surface area contributed by atoms with Crippen molar-refractivity contribution in [3.05, 3.63) is 18.2 Å². The number of carbonyl (C=O) groups is 1. The molecule has 0 saturated heterocycles. The Bertz CT molecular complexity index is 614. The van der Waals surface area contributed by atoms with Gasteiger partial charge in [0.05, 0.1) is 23.4 Å². The van der Waals surface area contributed by atoms with Crippen LogP contribution >= 0.6 is 11.3 Å². The Hall–Kier alpha value is -1.70. The summed E-state index contributed by atoms with van der Waals surface area (Å²) in [5, 5.41) is 3.44. The van der Waals surface area contributed by atoms with Gasteiger partial charge in [-0.15, -0.1) is 0 Å². The number of nitrogen functional groups attached to an aromatic ring is 1. The summed E-state index contributed by atoms with van der Waals surface area (Å²) >= 11 is 1.43. The number of fused-ring (bicyclic) bond motifs is 1. The van der Waals surface area contributed by atoms with E-state index in [-0.39, 0.29) is 5.91 Å². The summed E-state index contributed by atoms with van der Waals surface area (Å²) in [6, 6.07) is 5.52. The van der Waals surface area contributed by atoms with E-state index in [9.17, 15) is 4.79 Å². The van der Waals surface area contributed by atoms with Gasteiger partial charge in [-0.2, -0.15) is 0 Å². The van der Waals surface area contributed by atoms with Gasteiger partial charge in [-0.05, 0) is 24.7 Å². The van der Waals surface area contributed by atoms with Crippen molar-refractivity contribution in [1.29, 1.82) is 0 Å². The quantitative estimate of drug-likeness (QED) is 0.762. The summed E-state index contributed by atoms with van der Waals surface area (Å²) in [6.45, 7) is 4.49. The van der Waals surface area contributed by atoms with E-state index >= 15 is 0 Å². The van der Waals surface area contributed by atoms with E-state index in [0.717, 1.165) is 23.3 Å². The highest BCUT2D eigenvalue weighted by molar-refractivity contribution is 7.22. The molecule has 0 aliphatic carbocycles. The Kier molecular flexibility index (Phi) is 5.49. The zero-order valence-electron chi connectivity index (χ0n) is 12.3. The van der Waals surface area contributed by atoms with Gasteiger partial charge in [0.25, 0.3) is 0 Å². The van der Waals surface area contributed by atoms with E-state index in [4.69, 9.17) is 10.5 Å². The van der Waals surface area contributed by atoms with Gasteiger partial charge in [0, 0.05) is 19.3 Å². The first-order valence-electron chi connectivity index (χ1n) is 6.79. The molecule has 6 nitrogen and oxygen atoms in total. The molecule has 0 saturated carbocycles. The number of aromatic nitrogens is 1. The van der Waals surface area contributed by atoms with E-state index in [1.807, 2.05) is 24.0 Å². The van der Waals surface area contributed by atoms with E-state index < -0.39 is 0 Å². The number of nitrogens with zero attached hydrogens (tertiary/aromatic N) is 2. The number of nitrogens with one attached hydrogen (secondary N) is 1. The summed E-state index contributed by atoms with van der Waals surface area (Å²) < 4.78 is 6.00. The van der Waals surface area contributed by atoms with E-state index in [1.165, 1.54) is 11.3 Å². The van der Waals surface area contributed by atoms with Gasteiger partial charge in [-0.1, -0.05) is 18.3 Å². The molecule has 1 aromatic carbocycles. The number of benzene rings is 1. The normalized spacial score (nSPS) is 11.2. The van der Waals surface area contributed by atoms with Crippen LogP contribution in [-0.4, -0.2) is 49.1 Å². The van der Waals surface area contributed by atoms with Crippen molar-refractivity contribution in [2.75, 3.05) is 44.4 Å². The van der Waals surface area contributed by atoms with Gasteiger partial charge < -0.3 is 15.8 Å². The number of ether oxygens (including phenoxy) is 1. The molecule has 0 unspecified atom stereocenters. The number of amides is 1. The summed E-state index contributed by atoms with van der Waals surface area (Å²) in [7, 11) is 1.65. The number of rotatable bonds is 7. The lowest BCUT2D eigenvalue weighted by Crippen LogP contribution is -2.35. The highest BCUT2D eigenvalue weighted by Crippen LogP contribution is 2.27. The predicted molar refractivity (Wildman–Crippen MR) is 86.7 cm³/mol. The van der Waals surface area contributed by atoms with Gasteiger partial charge in [0.1, 0.15) is 0 Å². The third-order valence-corrected chi connectivity index (χ3v) is 4.02. The fourth-order valence-electron chi connectivity index (χ4n) is 1.93. The Morgan fingerprint density at radius 2 is 2.33 bits per heavy atom. The van der Waals surface area contributed by atoms with Crippen molar-refractivity contribution in [2.45, 2.75) is 6.92 Å². The lowest BCUT2D eigenvalue weighted by molar-refractivity contribution is -0.117. The summed E-state index contributed by atoms with van der Waals surface area (Å²) in [4.78, 5) is 18.4. The van der Waals surface area contributed by atoms with Crippen LogP contribution in [0.15, 0.2) is 18.2 Å². The first-order chi connectivity index (χ1) is 10.1. The van der Waals surface area contributed by atoms with Crippen molar-refractivity contribution >= 4 is 38.3 Å². The molecule has 0 aliphatic heterocycles. The first-order valence-corrected chi connectivity index (χ1v) is 7.61. The molecule has 0 aliphatic rings. The lowest BCUT2D eigenvalue weighted by atomic mass is 10.3. The van der Waals surface area contributed by atoms with E-state index in [2.05, 4.69) is 10.3 Å². The molecule has 0 spiro atoms. The van der Waals surface area contributed by atoms with Gasteiger partial charge in [0.15, 0.2) is 5.13 Å². The SMILES string of the molecule is CCN(CCOC)CC(=O)Nc1nc2ccc(N)cc2s1. The maximum Gasteiger partial charge on any atom is 0.240 e. The second kappa shape index (κ2) is 7.35. The second-order valence-corrected chi connectivity index (χ2v) is 5.69. The molecule has 2 rings (SSSR count). The van der Waals surface area contributed by atoms with Crippen LogP contribution in [0.1, 0.15) is 6.92 Å². The average Bonchev–Trinajstić information content (AvgIpc) is 2.84. The highest BCUT2D eigenvalue weighted by atomic mass is 32.1. The molecule has 0 fully saturated rings. The van der Waals surface area contributed by atoms with Crippen LogP contribution in [0.3, 0.4) is 0 Å². The van der Waals surface area contributed by atoms with Gasteiger partial charge in [0.2, 0.25) is 5.91 Å². The smallest absolute Gasteiger partial charge is 0.240 e. The number of thiazole rings is 1. The number of carbonyl (C=O) groups excluding carboxylic acids is 1. The zero-order chi connectivity index (χ0) is 15.2. The number of methoxy groups -OCH3 is 1. The van der Waals surface area contributed by atoms with Crippen molar-refractivity contribution in [3.63, 3.8) is 0 Å². The third-order valence-electron chi connectivity index (χ3n) is 3.08. The van der Waals surface area contributed by atoms with Crippen LogP contribution in [0.2, 0.25) is 0 Å². The van der Waals surface area contributed by atoms with Crippen LogP contribution in [0.5, 0.6) is 0 Å². The monoisotopic (exact) mass is 308 g/mol. The summed E-state index contributed by atoms with van der Waals surface area (Å²) in [5.74, 6) is -0.0695. The minimum absolute atomic E-state index is 0.0695. The second-order valence-electron chi connectivity index (χ2n) is 4.66. The van der Waals surface area contributed by atoms with Gasteiger partial charge in [-0.25, -0.2) is 4.98 Å². The maximum absolute atomic E-state index is 12.0. The molecular formula is C14H20N4O2S.